The standard InChI is InChI=1S/C9H13ClN2O2S/c1-2-3-5-12-15(13,14)8-4-6-11-9(10)7-8/h4,6-7,12H,2-3,5H2,1H3. The number of aromatic nitrogens is 1. The second kappa shape index (κ2) is 5.44. The summed E-state index contributed by atoms with van der Waals surface area (Å²) >= 11 is 5.61. The third-order valence-electron chi connectivity index (χ3n) is 1.83. The molecule has 0 unspecified atom stereocenters. The maximum absolute atomic E-state index is 11.7. The number of hydrogen-bond donors (Lipinski definition) is 1. The van der Waals surface area contributed by atoms with E-state index in [1.165, 1.54) is 18.3 Å². The van der Waals surface area contributed by atoms with Gasteiger partial charge in [0.2, 0.25) is 10.0 Å². The Morgan fingerprint density at radius 1 is 1.53 bits per heavy atom. The summed E-state index contributed by atoms with van der Waals surface area (Å²) in [6.07, 6.45) is 3.13. The zero-order chi connectivity index (χ0) is 11.3. The zero-order valence-electron chi connectivity index (χ0n) is 8.40. The lowest BCUT2D eigenvalue weighted by Crippen LogP contribution is -2.24. The van der Waals surface area contributed by atoms with Crippen molar-refractivity contribution in [2.24, 2.45) is 0 Å². The number of rotatable bonds is 5. The molecule has 0 amide bonds. The number of unbranched alkanes of at least 4 members (excludes halogenated alkanes) is 1. The van der Waals surface area contributed by atoms with Gasteiger partial charge in [0.1, 0.15) is 5.15 Å². The zero-order valence-corrected chi connectivity index (χ0v) is 9.98. The quantitative estimate of drug-likeness (QED) is 0.639. The molecule has 0 aliphatic carbocycles. The van der Waals surface area contributed by atoms with Crippen LogP contribution in [0.4, 0.5) is 0 Å². The Morgan fingerprint density at radius 2 is 2.27 bits per heavy atom. The molecular weight excluding hydrogens is 236 g/mol. The molecule has 4 nitrogen and oxygen atoms in total. The molecule has 15 heavy (non-hydrogen) atoms. The van der Waals surface area contributed by atoms with Crippen LogP contribution in [0, 0.1) is 0 Å². The normalized spacial score (nSPS) is 11.6. The van der Waals surface area contributed by atoms with E-state index in [4.69, 9.17) is 11.6 Å². The van der Waals surface area contributed by atoms with Crippen LogP contribution < -0.4 is 4.72 Å². The monoisotopic (exact) mass is 248 g/mol. The van der Waals surface area contributed by atoms with Gasteiger partial charge in [-0.1, -0.05) is 24.9 Å². The molecule has 1 aromatic heterocycles. The maximum Gasteiger partial charge on any atom is 0.240 e. The largest absolute Gasteiger partial charge is 0.244 e. The molecule has 0 saturated heterocycles. The van der Waals surface area contributed by atoms with Crippen LogP contribution in [0.2, 0.25) is 5.15 Å². The van der Waals surface area contributed by atoms with E-state index in [9.17, 15) is 8.42 Å². The van der Waals surface area contributed by atoms with Gasteiger partial charge in [0.15, 0.2) is 0 Å². The van der Waals surface area contributed by atoms with Crippen LogP contribution in [0.3, 0.4) is 0 Å². The van der Waals surface area contributed by atoms with Crippen LogP contribution in [0.15, 0.2) is 23.2 Å². The van der Waals surface area contributed by atoms with Crippen LogP contribution in [-0.2, 0) is 10.0 Å². The van der Waals surface area contributed by atoms with Gasteiger partial charge >= 0.3 is 0 Å². The van der Waals surface area contributed by atoms with E-state index in [-0.39, 0.29) is 10.0 Å². The van der Waals surface area contributed by atoms with Gasteiger partial charge in [0.25, 0.3) is 0 Å². The third kappa shape index (κ3) is 3.77. The first-order valence-corrected chi connectivity index (χ1v) is 6.53. The highest BCUT2D eigenvalue weighted by Gasteiger charge is 2.13. The fourth-order valence-electron chi connectivity index (χ4n) is 1.02. The highest BCUT2D eigenvalue weighted by atomic mass is 35.5. The maximum atomic E-state index is 11.7. The van der Waals surface area contributed by atoms with E-state index in [2.05, 4.69) is 9.71 Å². The van der Waals surface area contributed by atoms with Gasteiger partial charge in [-0.15, -0.1) is 0 Å². The smallest absolute Gasteiger partial charge is 0.240 e. The Kier molecular flexibility index (Phi) is 4.50. The lowest BCUT2D eigenvalue weighted by molar-refractivity contribution is 0.578. The Morgan fingerprint density at radius 3 is 2.87 bits per heavy atom. The first kappa shape index (κ1) is 12.4. The predicted octanol–water partition coefficient (Wildman–Crippen LogP) is 1.81. The molecule has 6 heteroatoms. The van der Waals surface area contributed by atoms with Crippen molar-refractivity contribution in [3.63, 3.8) is 0 Å². The Hall–Kier alpha value is -0.650. The van der Waals surface area contributed by atoms with E-state index >= 15 is 0 Å². The molecule has 0 spiro atoms. The molecule has 0 aliphatic rings. The van der Waals surface area contributed by atoms with Crippen molar-refractivity contribution in [2.45, 2.75) is 24.7 Å². The van der Waals surface area contributed by atoms with Gasteiger partial charge < -0.3 is 0 Å². The molecule has 0 saturated carbocycles. The van der Waals surface area contributed by atoms with Gasteiger partial charge in [0.05, 0.1) is 4.90 Å². The van der Waals surface area contributed by atoms with Crippen LogP contribution in [0.5, 0.6) is 0 Å². The highest BCUT2D eigenvalue weighted by Crippen LogP contribution is 2.12. The molecule has 1 aromatic rings. The molecule has 84 valence electrons. The molecule has 0 aliphatic heterocycles. The summed E-state index contributed by atoms with van der Waals surface area (Å²) in [6, 6.07) is 2.75. The molecule has 0 bridgehead atoms. The summed E-state index contributed by atoms with van der Waals surface area (Å²) in [6.45, 7) is 2.44. The Balaban J connectivity index is 2.77. The van der Waals surface area contributed by atoms with E-state index < -0.39 is 10.0 Å². The van der Waals surface area contributed by atoms with E-state index in [0.29, 0.717) is 6.54 Å². The van der Waals surface area contributed by atoms with Crippen LogP contribution in [-0.4, -0.2) is 19.9 Å². The first-order valence-electron chi connectivity index (χ1n) is 4.67. The number of hydrogen-bond acceptors (Lipinski definition) is 3. The lowest BCUT2D eigenvalue weighted by Gasteiger charge is -2.05. The SMILES string of the molecule is CCCCNS(=O)(=O)c1ccnc(Cl)c1. The lowest BCUT2D eigenvalue weighted by atomic mass is 10.3. The minimum absolute atomic E-state index is 0.151. The van der Waals surface area contributed by atoms with Gasteiger partial charge in [-0.25, -0.2) is 18.1 Å². The minimum Gasteiger partial charge on any atom is -0.244 e. The van der Waals surface area contributed by atoms with Crippen LogP contribution >= 0.6 is 11.6 Å². The minimum atomic E-state index is -3.43. The summed E-state index contributed by atoms with van der Waals surface area (Å²) in [5.74, 6) is 0. The predicted molar refractivity (Wildman–Crippen MR) is 59.3 cm³/mol. The van der Waals surface area contributed by atoms with Crippen LogP contribution in [0.1, 0.15) is 19.8 Å². The average Bonchev–Trinajstić information content (AvgIpc) is 2.18. The molecule has 0 atom stereocenters. The van der Waals surface area contributed by atoms with Crippen molar-refractivity contribution < 1.29 is 8.42 Å². The molecule has 1 heterocycles. The van der Waals surface area contributed by atoms with Crippen molar-refractivity contribution in [1.82, 2.24) is 9.71 Å². The molecule has 0 radical (unpaired) electrons. The second-order valence-corrected chi connectivity index (χ2v) is 5.22. The molecule has 0 aromatic carbocycles. The summed E-state index contributed by atoms with van der Waals surface area (Å²) < 4.78 is 25.8. The molecular formula is C9H13ClN2O2S. The number of nitrogens with zero attached hydrogens (tertiary/aromatic N) is 1. The fourth-order valence-corrected chi connectivity index (χ4v) is 2.34. The molecule has 0 fully saturated rings. The second-order valence-electron chi connectivity index (χ2n) is 3.07. The number of pyridine rings is 1. The van der Waals surface area contributed by atoms with E-state index in [1.54, 1.807) is 0 Å². The third-order valence-corrected chi connectivity index (χ3v) is 3.50. The summed E-state index contributed by atoms with van der Waals surface area (Å²) in [7, 11) is -3.43. The number of nitrogens with one attached hydrogen (secondary N) is 1. The molecule has 1 N–H and O–H groups in total. The number of halogens is 1. The van der Waals surface area contributed by atoms with Crippen LogP contribution in [0.25, 0.3) is 0 Å². The average molecular weight is 249 g/mol. The van der Waals surface area contributed by atoms with Gasteiger partial charge in [0, 0.05) is 12.7 Å². The van der Waals surface area contributed by atoms with Crippen molar-refractivity contribution >= 4 is 21.6 Å². The van der Waals surface area contributed by atoms with Gasteiger partial charge in [-0.05, 0) is 18.6 Å². The van der Waals surface area contributed by atoms with Crippen molar-refractivity contribution in [1.29, 1.82) is 0 Å². The van der Waals surface area contributed by atoms with Crippen molar-refractivity contribution in [3.8, 4) is 0 Å². The van der Waals surface area contributed by atoms with E-state index in [1.807, 2.05) is 6.92 Å². The van der Waals surface area contributed by atoms with Crippen molar-refractivity contribution in [3.05, 3.63) is 23.5 Å². The van der Waals surface area contributed by atoms with Gasteiger partial charge in [-0.3, -0.25) is 0 Å². The Bertz CT molecular complexity index is 420. The fraction of sp³-hybridized carbons (Fsp3) is 0.444. The Labute approximate surface area is 94.7 Å². The number of sulfonamides is 1. The van der Waals surface area contributed by atoms with Crippen molar-refractivity contribution in [2.75, 3.05) is 6.54 Å². The van der Waals surface area contributed by atoms with Gasteiger partial charge in [-0.2, -0.15) is 0 Å². The summed E-state index contributed by atoms with van der Waals surface area (Å²) in [5.41, 5.74) is 0. The highest BCUT2D eigenvalue weighted by molar-refractivity contribution is 7.89. The molecule has 1 rings (SSSR count). The summed E-state index contributed by atoms with van der Waals surface area (Å²) in [4.78, 5) is 3.87. The summed E-state index contributed by atoms with van der Waals surface area (Å²) in [5, 5.41) is 0.174. The topological polar surface area (TPSA) is 59.1 Å². The van der Waals surface area contributed by atoms with E-state index in [0.717, 1.165) is 12.8 Å². The first-order chi connectivity index (χ1) is 7.06.